The zero-order valence-electron chi connectivity index (χ0n) is 6.13. The molecule has 0 fully saturated rings. The lowest BCUT2D eigenvalue weighted by molar-refractivity contribution is -0.388. The minimum Gasteiger partial charge on any atom is -0.258 e. The van der Waals surface area contributed by atoms with Crippen molar-refractivity contribution in [1.29, 1.82) is 0 Å². The molecule has 13 heavy (non-hydrogen) atoms. The van der Waals surface area contributed by atoms with Crippen LogP contribution in [0.25, 0.3) is 0 Å². The lowest BCUT2D eigenvalue weighted by atomic mass is 10.2. The minimum atomic E-state index is -4.71. The largest absolute Gasteiger partial charge is 0.423 e. The van der Waals surface area contributed by atoms with Gasteiger partial charge in [-0.1, -0.05) is 0 Å². The molecule has 0 saturated heterocycles. The molecule has 0 bridgehead atoms. The zero-order chi connectivity index (χ0) is 10.1. The number of nitro benzene ring substituents is 1. The Bertz CT molecular complexity index is 335. The van der Waals surface area contributed by atoms with Gasteiger partial charge in [0.25, 0.3) is 5.69 Å². The van der Waals surface area contributed by atoms with Crippen molar-refractivity contribution in [3.63, 3.8) is 0 Å². The topological polar surface area (TPSA) is 43.1 Å². The van der Waals surface area contributed by atoms with Crippen LogP contribution in [0.3, 0.4) is 0 Å². The molecule has 0 aliphatic carbocycles. The Hall–Kier alpha value is -1.59. The van der Waals surface area contributed by atoms with E-state index in [0.29, 0.717) is 6.07 Å². The minimum absolute atomic E-state index is 0.554. The highest BCUT2D eigenvalue weighted by molar-refractivity contribution is 5.41. The number of hydrogen-bond acceptors (Lipinski definition) is 2. The number of halogens is 3. The van der Waals surface area contributed by atoms with E-state index in [9.17, 15) is 23.3 Å². The Balaban J connectivity index is 3.28. The maximum Gasteiger partial charge on any atom is 0.423 e. The Kier molecular flexibility index (Phi) is 2.22. The van der Waals surface area contributed by atoms with Crippen LogP contribution >= 0.6 is 0 Å². The Morgan fingerprint density at radius 1 is 1.46 bits per heavy atom. The smallest absolute Gasteiger partial charge is 0.258 e. The first-order valence-corrected chi connectivity index (χ1v) is 3.14. The maximum atomic E-state index is 12.1. The number of rotatable bonds is 1. The van der Waals surface area contributed by atoms with Crippen molar-refractivity contribution in [1.82, 2.24) is 0 Å². The van der Waals surface area contributed by atoms with E-state index in [-0.39, 0.29) is 0 Å². The molecule has 0 atom stereocenters. The van der Waals surface area contributed by atoms with Crippen molar-refractivity contribution in [2.24, 2.45) is 0 Å². The zero-order valence-corrected chi connectivity index (χ0v) is 6.13. The molecule has 1 aromatic rings. The molecule has 69 valence electrons. The van der Waals surface area contributed by atoms with Crippen LogP contribution in [0.1, 0.15) is 5.56 Å². The Morgan fingerprint density at radius 2 is 2.08 bits per heavy atom. The number of nitro groups is 1. The van der Waals surface area contributed by atoms with Crippen LogP contribution in [-0.4, -0.2) is 4.92 Å². The lowest BCUT2D eigenvalue weighted by Crippen LogP contribution is -2.08. The van der Waals surface area contributed by atoms with Gasteiger partial charge in [-0.25, -0.2) is 0 Å². The van der Waals surface area contributed by atoms with Crippen molar-refractivity contribution >= 4 is 5.69 Å². The van der Waals surface area contributed by atoms with Gasteiger partial charge in [-0.05, 0) is 18.2 Å². The fraction of sp³-hybridized carbons (Fsp3) is 0.143. The van der Waals surface area contributed by atoms with E-state index in [1.54, 1.807) is 0 Å². The van der Waals surface area contributed by atoms with E-state index >= 15 is 0 Å². The normalized spacial score (nSPS) is 11.3. The fourth-order valence-corrected chi connectivity index (χ4v) is 0.808. The molecule has 0 aliphatic heterocycles. The molecule has 1 aromatic carbocycles. The highest BCUT2D eigenvalue weighted by Gasteiger charge is 2.37. The van der Waals surface area contributed by atoms with E-state index in [2.05, 4.69) is 6.07 Å². The molecule has 0 spiro atoms. The van der Waals surface area contributed by atoms with E-state index in [1.165, 1.54) is 0 Å². The summed E-state index contributed by atoms with van der Waals surface area (Å²) < 4.78 is 36.3. The highest BCUT2D eigenvalue weighted by Crippen LogP contribution is 2.35. The number of nitrogens with zero attached hydrogens (tertiary/aromatic N) is 1. The molecule has 6 heteroatoms. The van der Waals surface area contributed by atoms with Gasteiger partial charge in [0, 0.05) is 6.07 Å². The summed E-state index contributed by atoms with van der Waals surface area (Å²) >= 11 is 0. The standard InChI is InChI=1S/C7H3F3NO2/c8-7(9,10)5-3-1-2-4-6(5)11(12)13/h2-4H. The Morgan fingerprint density at radius 3 is 2.46 bits per heavy atom. The van der Waals surface area contributed by atoms with Crippen LogP contribution in [0.2, 0.25) is 0 Å². The first kappa shape index (κ1) is 9.50. The molecule has 1 radical (unpaired) electrons. The van der Waals surface area contributed by atoms with E-state index in [4.69, 9.17) is 0 Å². The van der Waals surface area contributed by atoms with Crippen LogP contribution in [0.5, 0.6) is 0 Å². The maximum absolute atomic E-state index is 12.1. The summed E-state index contributed by atoms with van der Waals surface area (Å²) in [6.07, 6.45) is -4.71. The second-order valence-electron chi connectivity index (χ2n) is 2.20. The van der Waals surface area contributed by atoms with Gasteiger partial charge in [0.2, 0.25) is 0 Å². The van der Waals surface area contributed by atoms with Crippen LogP contribution in [0.15, 0.2) is 18.2 Å². The van der Waals surface area contributed by atoms with Crippen LogP contribution in [0, 0.1) is 16.2 Å². The van der Waals surface area contributed by atoms with Gasteiger partial charge in [0.15, 0.2) is 0 Å². The van der Waals surface area contributed by atoms with Crippen LogP contribution in [-0.2, 0) is 6.18 Å². The van der Waals surface area contributed by atoms with Crippen molar-refractivity contribution < 1.29 is 18.1 Å². The molecular weight excluding hydrogens is 187 g/mol. The summed E-state index contributed by atoms with van der Waals surface area (Å²) in [5, 5.41) is 10.2. The second kappa shape index (κ2) is 3.04. The highest BCUT2D eigenvalue weighted by atomic mass is 19.4. The molecule has 0 N–H and O–H groups in total. The molecule has 0 amide bonds. The average molecular weight is 190 g/mol. The fourth-order valence-electron chi connectivity index (χ4n) is 0.808. The summed E-state index contributed by atoms with van der Waals surface area (Å²) in [5.41, 5.74) is -2.23. The summed E-state index contributed by atoms with van der Waals surface area (Å²) in [5.74, 6) is 0. The molecular formula is C7H3F3NO2. The van der Waals surface area contributed by atoms with Crippen molar-refractivity contribution in [2.75, 3.05) is 0 Å². The quantitative estimate of drug-likeness (QED) is 0.504. The summed E-state index contributed by atoms with van der Waals surface area (Å²) in [6, 6.07) is 4.52. The van der Waals surface area contributed by atoms with Gasteiger partial charge < -0.3 is 0 Å². The van der Waals surface area contributed by atoms with Gasteiger partial charge in [-0.15, -0.1) is 0 Å². The van der Waals surface area contributed by atoms with Crippen LogP contribution in [0.4, 0.5) is 18.9 Å². The third-order valence-electron chi connectivity index (χ3n) is 1.34. The molecule has 0 saturated carbocycles. The predicted molar refractivity (Wildman–Crippen MR) is 36.9 cm³/mol. The van der Waals surface area contributed by atoms with Gasteiger partial charge in [0.1, 0.15) is 5.56 Å². The first-order valence-electron chi connectivity index (χ1n) is 3.14. The molecule has 0 aromatic heterocycles. The predicted octanol–water partition coefficient (Wildman–Crippen LogP) is 2.41. The SMILES string of the molecule is O=[N+]([O-])c1cc[c]cc1C(F)(F)F. The van der Waals surface area contributed by atoms with E-state index in [0.717, 1.165) is 12.1 Å². The van der Waals surface area contributed by atoms with E-state index in [1.807, 2.05) is 0 Å². The van der Waals surface area contributed by atoms with Crippen molar-refractivity contribution in [3.05, 3.63) is 39.9 Å². The number of alkyl halides is 3. The first-order chi connectivity index (χ1) is 5.93. The third kappa shape index (κ3) is 1.95. The summed E-state index contributed by atoms with van der Waals surface area (Å²) in [7, 11) is 0. The molecule has 1 rings (SSSR count). The third-order valence-corrected chi connectivity index (χ3v) is 1.34. The summed E-state index contributed by atoms with van der Waals surface area (Å²) in [4.78, 5) is 9.09. The van der Waals surface area contributed by atoms with Gasteiger partial charge in [-0.2, -0.15) is 13.2 Å². The summed E-state index contributed by atoms with van der Waals surface area (Å²) in [6.45, 7) is 0. The molecule has 3 nitrogen and oxygen atoms in total. The van der Waals surface area contributed by atoms with Gasteiger partial charge >= 0.3 is 6.18 Å². The molecule has 0 aliphatic rings. The molecule has 0 unspecified atom stereocenters. The molecule has 0 heterocycles. The Labute approximate surface area is 70.9 Å². The average Bonchev–Trinajstić information content (AvgIpc) is 2.03. The number of benzene rings is 1. The lowest BCUT2D eigenvalue weighted by Gasteiger charge is -2.05. The van der Waals surface area contributed by atoms with Crippen molar-refractivity contribution in [2.45, 2.75) is 6.18 Å². The van der Waals surface area contributed by atoms with Crippen LogP contribution < -0.4 is 0 Å². The van der Waals surface area contributed by atoms with Gasteiger partial charge in [-0.3, -0.25) is 10.1 Å². The monoisotopic (exact) mass is 190 g/mol. The van der Waals surface area contributed by atoms with Gasteiger partial charge in [0.05, 0.1) is 4.92 Å². The number of hydrogen-bond donors (Lipinski definition) is 0. The second-order valence-corrected chi connectivity index (χ2v) is 2.20. The van der Waals surface area contributed by atoms with Crippen molar-refractivity contribution in [3.8, 4) is 0 Å². The van der Waals surface area contributed by atoms with E-state index < -0.39 is 22.4 Å².